The molecular weight excluding hydrogens is 348 g/mol. The van der Waals surface area contributed by atoms with E-state index in [9.17, 15) is 9.59 Å². The Labute approximate surface area is 171 Å². The molecule has 0 saturated carbocycles. The van der Waals surface area contributed by atoms with Crippen molar-refractivity contribution in [1.82, 2.24) is 0 Å². The number of nitrogens with zero attached hydrogens (tertiary/aromatic N) is 2. The molecule has 0 amide bonds. The number of benzene rings is 2. The summed E-state index contributed by atoms with van der Waals surface area (Å²) < 4.78 is 0. The fourth-order valence-corrected chi connectivity index (χ4v) is 2.93. The molecule has 0 atom stereocenters. The van der Waals surface area contributed by atoms with Gasteiger partial charge in [0.25, 0.3) is 0 Å². The van der Waals surface area contributed by atoms with Crippen molar-refractivity contribution in [2.24, 2.45) is 0 Å². The van der Waals surface area contributed by atoms with Crippen molar-refractivity contribution in [1.29, 1.82) is 0 Å². The van der Waals surface area contributed by atoms with Gasteiger partial charge in [-0.05, 0) is 12.1 Å². The average molecular weight is 385 g/mol. The quantitative estimate of drug-likeness (QED) is 0.570. The molecule has 0 bridgehead atoms. The molecule has 1 aliphatic carbocycles. The Balaban J connectivity index is 0.00000111. The molecule has 4 nitrogen and oxygen atoms in total. The van der Waals surface area contributed by atoms with E-state index in [1.54, 1.807) is 24.3 Å². The number of rotatable bonds is 2. The summed E-state index contributed by atoms with van der Waals surface area (Å²) in [5.41, 5.74) is 3.51. The SMILES string of the molecule is CC.CC.CC.CN(C)c1ccc(N(C)C)c2c1C(=O)c1ccccc1C2=O. The first-order valence-electron chi connectivity index (χ1n) is 10.1. The first kappa shape index (κ1) is 25.4. The minimum atomic E-state index is -0.0856. The van der Waals surface area contributed by atoms with Crippen molar-refractivity contribution in [2.45, 2.75) is 41.5 Å². The predicted octanol–water partition coefficient (Wildman–Crippen LogP) is 5.67. The summed E-state index contributed by atoms with van der Waals surface area (Å²) in [6.07, 6.45) is 0. The minimum Gasteiger partial charge on any atom is -0.377 e. The van der Waals surface area contributed by atoms with E-state index in [4.69, 9.17) is 0 Å². The molecule has 0 aromatic heterocycles. The van der Waals surface area contributed by atoms with E-state index >= 15 is 0 Å². The molecule has 154 valence electrons. The lowest BCUT2D eigenvalue weighted by molar-refractivity contribution is 0.0980. The van der Waals surface area contributed by atoms with Gasteiger partial charge in [-0.2, -0.15) is 0 Å². The maximum absolute atomic E-state index is 13.0. The van der Waals surface area contributed by atoms with E-state index in [0.717, 1.165) is 11.4 Å². The van der Waals surface area contributed by atoms with Gasteiger partial charge < -0.3 is 9.80 Å². The number of fused-ring (bicyclic) bond motifs is 2. The second-order valence-corrected chi connectivity index (χ2v) is 5.85. The van der Waals surface area contributed by atoms with Gasteiger partial charge in [0.15, 0.2) is 11.6 Å². The molecule has 0 spiro atoms. The van der Waals surface area contributed by atoms with E-state index in [2.05, 4.69) is 0 Å². The average Bonchev–Trinajstić information content (AvgIpc) is 2.75. The molecule has 0 heterocycles. The van der Waals surface area contributed by atoms with E-state index < -0.39 is 0 Å². The summed E-state index contributed by atoms with van der Waals surface area (Å²) in [5.74, 6) is -0.171. The Morgan fingerprint density at radius 1 is 0.536 bits per heavy atom. The van der Waals surface area contributed by atoms with Crippen molar-refractivity contribution >= 4 is 22.9 Å². The van der Waals surface area contributed by atoms with E-state index in [0.29, 0.717) is 22.3 Å². The molecule has 2 aromatic rings. The van der Waals surface area contributed by atoms with Crippen molar-refractivity contribution in [3.63, 3.8) is 0 Å². The largest absolute Gasteiger partial charge is 0.377 e. The molecule has 0 saturated heterocycles. The second-order valence-electron chi connectivity index (χ2n) is 5.85. The van der Waals surface area contributed by atoms with Crippen molar-refractivity contribution in [3.05, 3.63) is 58.7 Å². The molecule has 4 heteroatoms. The van der Waals surface area contributed by atoms with Crippen LogP contribution in [-0.2, 0) is 0 Å². The Morgan fingerprint density at radius 3 is 1.07 bits per heavy atom. The van der Waals surface area contributed by atoms with Gasteiger partial charge in [-0.1, -0.05) is 65.8 Å². The highest BCUT2D eigenvalue weighted by Gasteiger charge is 2.34. The van der Waals surface area contributed by atoms with Crippen LogP contribution in [0.5, 0.6) is 0 Å². The number of anilines is 2. The smallest absolute Gasteiger partial charge is 0.196 e. The minimum absolute atomic E-state index is 0.0856. The van der Waals surface area contributed by atoms with Crippen LogP contribution in [0.4, 0.5) is 11.4 Å². The zero-order valence-corrected chi connectivity index (χ0v) is 19.2. The van der Waals surface area contributed by atoms with Crippen LogP contribution >= 0.6 is 0 Å². The molecule has 0 aliphatic heterocycles. The molecule has 28 heavy (non-hydrogen) atoms. The number of ketones is 2. The van der Waals surface area contributed by atoms with Gasteiger partial charge in [-0.15, -0.1) is 0 Å². The van der Waals surface area contributed by atoms with Crippen LogP contribution in [0.3, 0.4) is 0 Å². The highest BCUT2D eigenvalue weighted by Crippen LogP contribution is 2.38. The zero-order chi connectivity index (χ0) is 22.0. The normalized spacial score (nSPS) is 10.6. The molecule has 0 radical (unpaired) electrons. The van der Waals surface area contributed by atoms with Gasteiger partial charge in [0.1, 0.15) is 0 Å². The third-order valence-electron chi connectivity index (χ3n) is 4.00. The molecule has 0 unspecified atom stereocenters. The molecule has 0 N–H and O–H groups in total. The molecule has 2 aromatic carbocycles. The lowest BCUT2D eigenvalue weighted by Crippen LogP contribution is -2.27. The van der Waals surface area contributed by atoms with Gasteiger partial charge in [0.05, 0.1) is 11.1 Å². The van der Waals surface area contributed by atoms with E-state index in [1.165, 1.54) is 0 Å². The van der Waals surface area contributed by atoms with Crippen LogP contribution in [0.2, 0.25) is 0 Å². The summed E-state index contributed by atoms with van der Waals surface area (Å²) in [4.78, 5) is 29.7. The van der Waals surface area contributed by atoms with E-state index in [-0.39, 0.29) is 11.6 Å². The van der Waals surface area contributed by atoms with Gasteiger partial charge in [0, 0.05) is 50.7 Å². The molecule has 1 aliphatic rings. The van der Waals surface area contributed by atoms with E-state index in [1.807, 2.05) is 91.7 Å². The standard InChI is InChI=1S/C18H18N2O2.3C2H6/c1-19(2)13-9-10-14(20(3)4)16-15(13)17(21)11-7-5-6-8-12(11)18(16)22;3*1-2/h5-10H,1-4H3;3*1-2H3. The maximum Gasteiger partial charge on any atom is 0.196 e. The third-order valence-corrected chi connectivity index (χ3v) is 4.00. The predicted molar refractivity (Wildman–Crippen MR) is 122 cm³/mol. The van der Waals surface area contributed by atoms with Gasteiger partial charge in [-0.25, -0.2) is 0 Å². The fourth-order valence-electron chi connectivity index (χ4n) is 2.93. The Kier molecular flexibility index (Phi) is 10.8. The molecule has 0 fully saturated rings. The lowest BCUT2D eigenvalue weighted by Gasteiger charge is -2.27. The molecule has 3 rings (SSSR count). The number of hydrogen-bond donors (Lipinski definition) is 0. The topological polar surface area (TPSA) is 40.6 Å². The number of carbonyl (C=O) groups is 2. The summed E-state index contributed by atoms with van der Waals surface area (Å²) in [6.45, 7) is 12.0. The number of hydrogen-bond acceptors (Lipinski definition) is 4. The monoisotopic (exact) mass is 384 g/mol. The summed E-state index contributed by atoms with van der Waals surface area (Å²) in [6, 6.07) is 10.8. The third kappa shape index (κ3) is 4.80. The maximum atomic E-state index is 13.0. The second kappa shape index (κ2) is 12.0. The molecular formula is C24H36N2O2. The van der Waals surface area contributed by atoms with Crippen molar-refractivity contribution < 1.29 is 9.59 Å². The Bertz CT molecular complexity index is 727. The van der Waals surface area contributed by atoms with Crippen LogP contribution in [-0.4, -0.2) is 39.8 Å². The van der Waals surface area contributed by atoms with Crippen molar-refractivity contribution in [2.75, 3.05) is 38.0 Å². The summed E-state index contributed by atoms with van der Waals surface area (Å²) >= 11 is 0. The Hall–Kier alpha value is -2.62. The number of carbonyl (C=O) groups excluding carboxylic acids is 2. The van der Waals surface area contributed by atoms with Crippen LogP contribution in [0, 0.1) is 0 Å². The highest BCUT2D eigenvalue weighted by atomic mass is 16.1. The van der Waals surface area contributed by atoms with Gasteiger partial charge >= 0.3 is 0 Å². The van der Waals surface area contributed by atoms with Gasteiger partial charge in [0.2, 0.25) is 0 Å². The van der Waals surface area contributed by atoms with Crippen LogP contribution in [0.25, 0.3) is 0 Å². The van der Waals surface area contributed by atoms with Crippen LogP contribution in [0.1, 0.15) is 73.4 Å². The Morgan fingerprint density at radius 2 is 0.821 bits per heavy atom. The first-order chi connectivity index (χ1) is 13.4. The summed E-state index contributed by atoms with van der Waals surface area (Å²) in [7, 11) is 7.51. The van der Waals surface area contributed by atoms with Gasteiger partial charge in [-0.3, -0.25) is 9.59 Å². The lowest BCUT2D eigenvalue weighted by atomic mass is 9.82. The fraction of sp³-hybridized carbons (Fsp3) is 0.417. The first-order valence-corrected chi connectivity index (χ1v) is 10.1. The van der Waals surface area contributed by atoms with Crippen LogP contribution in [0.15, 0.2) is 36.4 Å². The highest BCUT2D eigenvalue weighted by molar-refractivity contribution is 6.31. The van der Waals surface area contributed by atoms with Crippen LogP contribution < -0.4 is 9.80 Å². The van der Waals surface area contributed by atoms with Crippen molar-refractivity contribution in [3.8, 4) is 0 Å². The summed E-state index contributed by atoms with van der Waals surface area (Å²) in [5, 5.41) is 0. The zero-order valence-electron chi connectivity index (χ0n) is 19.2.